The van der Waals surface area contributed by atoms with Crippen LogP contribution in [-0.2, 0) is 22.0 Å². The van der Waals surface area contributed by atoms with E-state index in [9.17, 15) is 18.0 Å². The number of carbonyl (C=O) groups is 2. The molecule has 0 spiro atoms. The molecule has 1 aliphatic carbocycles. The smallest absolute Gasteiger partial charge is 0.294 e. The quantitative estimate of drug-likeness (QED) is 0.219. The van der Waals surface area contributed by atoms with Crippen LogP contribution in [-0.4, -0.2) is 49.2 Å². The lowest BCUT2D eigenvalue weighted by Gasteiger charge is -2.11. The SMILES string of the molecule is Cc1cc(C(=O)Nc2cc(Oc3ccc4nc(NC(=O)C5CC5)cn4n3)ccc2C)n(C)n1.Cc1ccc(S(=O)(=O)O)cc1. The standard InChI is InChI=1S/C23H23N7O3.C7H8O3S/c1-13-4-7-16(11-17(13)24-23(32)18-10-14(2)27-29(18)3)33-21-9-8-20-25-19(12-30(20)28-21)26-22(31)15-5-6-15;1-6-2-4-7(5-3-6)11(8,9)10/h4,7-12,15H,5-6H2,1-3H3,(H,24,32)(H,26,31);2-5H,1H3,(H,8,9,10). The van der Waals surface area contributed by atoms with Crippen LogP contribution in [0.1, 0.15) is 40.2 Å². The van der Waals surface area contributed by atoms with Crippen LogP contribution in [0.15, 0.2) is 71.8 Å². The molecule has 0 aliphatic heterocycles. The molecule has 5 aromatic rings. The number of benzene rings is 2. The summed E-state index contributed by atoms with van der Waals surface area (Å²) in [6, 6.07) is 16.6. The average Bonchev–Trinajstić information content (AvgIpc) is 3.65. The van der Waals surface area contributed by atoms with Gasteiger partial charge in [0.05, 0.1) is 16.8 Å². The monoisotopic (exact) mass is 617 g/mol. The molecule has 2 aromatic carbocycles. The van der Waals surface area contributed by atoms with Crippen LogP contribution in [0.4, 0.5) is 11.5 Å². The number of amides is 2. The Hall–Kier alpha value is -5.08. The third-order valence-corrected chi connectivity index (χ3v) is 7.60. The Balaban J connectivity index is 0.000000296. The molecule has 44 heavy (non-hydrogen) atoms. The molecule has 3 heterocycles. The van der Waals surface area contributed by atoms with Gasteiger partial charge in [-0.3, -0.25) is 18.8 Å². The van der Waals surface area contributed by atoms with Crippen LogP contribution in [0.3, 0.4) is 0 Å². The molecule has 1 aliphatic rings. The Kier molecular flexibility index (Phi) is 8.47. The predicted molar refractivity (Wildman–Crippen MR) is 162 cm³/mol. The summed E-state index contributed by atoms with van der Waals surface area (Å²) in [4.78, 5) is 28.9. The minimum Gasteiger partial charge on any atom is -0.438 e. The Morgan fingerprint density at radius 2 is 1.68 bits per heavy atom. The van der Waals surface area contributed by atoms with Crippen LogP contribution < -0.4 is 15.4 Å². The van der Waals surface area contributed by atoms with Crippen molar-refractivity contribution in [3.8, 4) is 11.6 Å². The van der Waals surface area contributed by atoms with Crippen molar-refractivity contribution in [1.82, 2.24) is 24.4 Å². The van der Waals surface area contributed by atoms with E-state index in [0.29, 0.717) is 34.5 Å². The zero-order chi connectivity index (χ0) is 31.6. The fourth-order valence-corrected chi connectivity index (χ4v) is 4.67. The largest absolute Gasteiger partial charge is 0.438 e. The van der Waals surface area contributed by atoms with Crippen molar-refractivity contribution in [2.45, 2.75) is 38.5 Å². The molecular formula is C30H31N7O6S. The topological polar surface area (TPSA) is 170 Å². The average molecular weight is 618 g/mol. The van der Waals surface area contributed by atoms with E-state index in [1.807, 2.05) is 26.8 Å². The second kappa shape index (κ2) is 12.3. The molecule has 228 valence electrons. The van der Waals surface area contributed by atoms with E-state index in [2.05, 4.69) is 25.8 Å². The van der Waals surface area contributed by atoms with E-state index in [-0.39, 0.29) is 22.6 Å². The number of nitrogens with one attached hydrogen (secondary N) is 2. The second-order valence-corrected chi connectivity index (χ2v) is 11.9. The maximum atomic E-state index is 12.7. The zero-order valence-corrected chi connectivity index (χ0v) is 25.3. The molecule has 0 atom stereocenters. The van der Waals surface area contributed by atoms with Gasteiger partial charge in [0.1, 0.15) is 11.4 Å². The highest BCUT2D eigenvalue weighted by atomic mass is 32.2. The van der Waals surface area contributed by atoms with Crippen LogP contribution in [0.25, 0.3) is 5.65 Å². The van der Waals surface area contributed by atoms with Gasteiger partial charge in [0.15, 0.2) is 11.5 Å². The Labute approximate surface area is 253 Å². The molecule has 3 N–H and O–H groups in total. The van der Waals surface area contributed by atoms with E-state index in [1.165, 1.54) is 12.1 Å². The third-order valence-electron chi connectivity index (χ3n) is 6.73. The summed E-state index contributed by atoms with van der Waals surface area (Å²) in [5.74, 6) is 1.17. The first kappa shape index (κ1) is 30.4. The van der Waals surface area contributed by atoms with Crippen molar-refractivity contribution in [2.75, 3.05) is 10.6 Å². The van der Waals surface area contributed by atoms with Crippen molar-refractivity contribution < 1.29 is 27.3 Å². The van der Waals surface area contributed by atoms with Crippen molar-refractivity contribution in [3.63, 3.8) is 0 Å². The molecular weight excluding hydrogens is 586 g/mol. The second-order valence-electron chi connectivity index (χ2n) is 10.5. The van der Waals surface area contributed by atoms with E-state index >= 15 is 0 Å². The number of aromatic nitrogens is 5. The lowest BCUT2D eigenvalue weighted by molar-refractivity contribution is -0.117. The number of hydrogen-bond acceptors (Lipinski definition) is 8. The summed E-state index contributed by atoms with van der Waals surface area (Å²) in [7, 11) is -2.29. The number of rotatable bonds is 7. The highest BCUT2D eigenvalue weighted by Gasteiger charge is 2.30. The summed E-state index contributed by atoms with van der Waals surface area (Å²) >= 11 is 0. The van der Waals surface area contributed by atoms with E-state index in [1.54, 1.807) is 64.9 Å². The normalized spacial score (nSPS) is 12.8. The first-order valence-electron chi connectivity index (χ1n) is 13.7. The van der Waals surface area contributed by atoms with Crippen LogP contribution in [0.2, 0.25) is 0 Å². The molecule has 1 fully saturated rings. The Bertz CT molecular complexity index is 1960. The van der Waals surface area contributed by atoms with Crippen molar-refractivity contribution in [2.24, 2.45) is 13.0 Å². The first-order valence-corrected chi connectivity index (χ1v) is 15.1. The van der Waals surface area contributed by atoms with Gasteiger partial charge in [-0.2, -0.15) is 13.5 Å². The first-order chi connectivity index (χ1) is 20.9. The van der Waals surface area contributed by atoms with Crippen LogP contribution >= 0.6 is 0 Å². The summed E-state index contributed by atoms with van der Waals surface area (Å²) < 4.78 is 38.6. The zero-order valence-electron chi connectivity index (χ0n) is 24.5. The third kappa shape index (κ3) is 7.46. The molecule has 14 heteroatoms. The molecule has 0 bridgehead atoms. The number of carbonyl (C=O) groups excluding carboxylic acids is 2. The minimum absolute atomic E-state index is 0.00889. The molecule has 13 nitrogen and oxygen atoms in total. The number of aryl methyl sites for hydroxylation is 4. The minimum atomic E-state index is -4.02. The molecule has 1 saturated carbocycles. The lowest BCUT2D eigenvalue weighted by Crippen LogP contribution is -2.16. The lowest BCUT2D eigenvalue weighted by atomic mass is 10.2. The maximum Gasteiger partial charge on any atom is 0.294 e. The summed E-state index contributed by atoms with van der Waals surface area (Å²) in [6.07, 6.45) is 3.51. The molecule has 3 aromatic heterocycles. The molecule has 0 radical (unpaired) electrons. The molecule has 0 saturated heterocycles. The van der Waals surface area contributed by atoms with E-state index in [0.717, 1.165) is 29.7 Å². The Morgan fingerprint density at radius 3 is 2.32 bits per heavy atom. The number of fused-ring (bicyclic) bond motifs is 1. The predicted octanol–water partition coefficient (Wildman–Crippen LogP) is 4.71. The van der Waals surface area contributed by atoms with Crippen molar-refractivity contribution >= 4 is 39.1 Å². The van der Waals surface area contributed by atoms with Gasteiger partial charge < -0.3 is 15.4 Å². The fraction of sp³-hybridized carbons (Fsp3) is 0.233. The van der Waals surface area contributed by atoms with Crippen molar-refractivity contribution in [3.05, 3.63) is 89.4 Å². The molecule has 6 rings (SSSR count). The van der Waals surface area contributed by atoms with Gasteiger partial charge in [0.25, 0.3) is 16.0 Å². The molecule has 2 amide bonds. The van der Waals surface area contributed by atoms with Crippen LogP contribution in [0.5, 0.6) is 11.6 Å². The number of hydrogen-bond donors (Lipinski definition) is 3. The van der Waals surface area contributed by atoms with Crippen LogP contribution in [0, 0.1) is 26.7 Å². The number of nitrogens with zero attached hydrogens (tertiary/aromatic N) is 5. The summed E-state index contributed by atoms with van der Waals surface area (Å²) in [5.41, 5.74) is 4.31. The van der Waals surface area contributed by atoms with Gasteiger partial charge in [-0.25, -0.2) is 9.50 Å². The number of anilines is 2. The number of ether oxygens (including phenoxy) is 1. The van der Waals surface area contributed by atoms with Gasteiger partial charge in [-0.05, 0) is 69.5 Å². The van der Waals surface area contributed by atoms with Gasteiger partial charge in [0.2, 0.25) is 11.8 Å². The summed E-state index contributed by atoms with van der Waals surface area (Å²) in [5, 5.41) is 14.4. The maximum absolute atomic E-state index is 12.7. The number of imidazole rings is 1. The molecule has 0 unspecified atom stereocenters. The fourth-order valence-electron chi connectivity index (χ4n) is 4.19. The highest BCUT2D eigenvalue weighted by Crippen LogP contribution is 2.30. The van der Waals surface area contributed by atoms with Crippen molar-refractivity contribution in [1.29, 1.82) is 0 Å². The van der Waals surface area contributed by atoms with Gasteiger partial charge in [0, 0.05) is 30.8 Å². The van der Waals surface area contributed by atoms with Gasteiger partial charge in [-0.1, -0.05) is 23.8 Å². The Morgan fingerprint density at radius 1 is 0.955 bits per heavy atom. The van der Waals surface area contributed by atoms with E-state index < -0.39 is 10.1 Å². The van der Waals surface area contributed by atoms with Gasteiger partial charge >= 0.3 is 0 Å². The highest BCUT2D eigenvalue weighted by molar-refractivity contribution is 7.85. The van der Waals surface area contributed by atoms with E-state index in [4.69, 9.17) is 9.29 Å². The van der Waals surface area contributed by atoms with Gasteiger partial charge in [-0.15, -0.1) is 5.10 Å². The summed E-state index contributed by atoms with van der Waals surface area (Å²) in [6.45, 7) is 5.58.